The molecule has 144 valence electrons. The van der Waals surface area contributed by atoms with Gasteiger partial charge in [0.2, 0.25) is 0 Å². The number of amidine groups is 1. The molecule has 0 aliphatic heterocycles. The van der Waals surface area contributed by atoms with Crippen LogP contribution >= 0.6 is 0 Å². The number of aromatic nitrogens is 1. The molecular formula is C20H17F3N4O. The number of amides is 1. The molecule has 2 aliphatic rings. The fourth-order valence-electron chi connectivity index (χ4n) is 3.77. The smallest absolute Gasteiger partial charge is 0.260 e. The molecule has 1 unspecified atom stereocenters. The van der Waals surface area contributed by atoms with Crippen molar-refractivity contribution in [1.29, 1.82) is 0 Å². The predicted octanol–water partition coefficient (Wildman–Crippen LogP) is 3.43. The van der Waals surface area contributed by atoms with E-state index in [1.54, 1.807) is 0 Å². The number of halogens is 3. The summed E-state index contributed by atoms with van der Waals surface area (Å²) >= 11 is 0. The summed E-state index contributed by atoms with van der Waals surface area (Å²) in [4.78, 5) is 20.8. The number of carbonyl (C=O) groups is 1. The van der Waals surface area contributed by atoms with E-state index in [0.717, 1.165) is 31.0 Å². The van der Waals surface area contributed by atoms with Gasteiger partial charge in [-0.2, -0.15) is 4.99 Å². The molecule has 2 fully saturated rings. The molecule has 1 aromatic carbocycles. The van der Waals surface area contributed by atoms with Crippen LogP contribution in [0.5, 0.6) is 0 Å². The van der Waals surface area contributed by atoms with Crippen molar-refractivity contribution in [2.75, 3.05) is 5.32 Å². The molecule has 1 heterocycles. The molecule has 2 saturated carbocycles. The Balaban J connectivity index is 1.51. The largest absolute Gasteiger partial charge is 0.384 e. The number of aliphatic imine (C=N–C) groups is 1. The van der Waals surface area contributed by atoms with Gasteiger partial charge in [-0.25, -0.2) is 13.2 Å². The summed E-state index contributed by atoms with van der Waals surface area (Å²) in [6, 6.07) is 5.71. The van der Waals surface area contributed by atoms with E-state index in [1.807, 2.05) is 0 Å². The molecule has 0 saturated heterocycles. The summed E-state index contributed by atoms with van der Waals surface area (Å²) < 4.78 is 40.6. The standard InChI is InChI=1S/C20H17F3N4O/c21-12-8-13(22)10-14(9-12)25-7-3-16(24)27-18(28)20(11-19(20)4-5-19)17-15(23)2-1-6-26-17/h1-3,6-10,25H,4-5,11H2,(H2,24,27,28)/b7-3-. The quantitative estimate of drug-likeness (QED) is 0.609. The Morgan fingerprint density at radius 3 is 2.54 bits per heavy atom. The van der Waals surface area contributed by atoms with Crippen molar-refractivity contribution >= 4 is 17.4 Å². The third-order valence-electron chi connectivity index (χ3n) is 5.36. The Labute approximate surface area is 159 Å². The molecule has 2 aromatic rings. The Morgan fingerprint density at radius 2 is 1.93 bits per heavy atom. The third kappa shape index (κ3) is 3.04. The van der Waals surface area contributed by atoms with Gasteiger partial charge < -0.3 is 11.1 Å². The molecule has 3 N–H and O–H groups in total. The van der Waals surface area contributed by atoms with Gasteiger partial charge in [0, 0.05) is 24.2 Å². The van der Waals surface area contributed by atoms with Crippen molar-refractivity contribution in [3.8, 4) is 0 Å². The van der Waals surface area contributed by atoms with E-state index in [0.29, 0.717) is 6.42 Å². The molecule has 28 heavy (non-hydrogen) atoms. The molecular weight excluding hydrogens is 369 g/mol. The minimum Gasteiger partial charge on any atom is -0.384 e. The molecule has 5 nitrogen and oxygen atoms in total. The lowest BCUT2D eigenvalue weighted by atomic mass is 9.95. The number of benzene rings is 1. The van der Waals surface area contributed by atoms with Gasteiger partial charge in [0.1, 0.15) is 28.7 Å². The van der Waals surface area contributed by atoms with Crippen molar-refractivity contribution in [3.63, 3.8) is 0 Å². The molecule has 8 heteroatoms. The van der Waals surface area contributed by atoms with Crippen LogP contribution in [0, 0.1) is 22.9 Å². The van der Waals surface area contributed by atoms with Crippen molar-refractivity contribution < 1.29 is 18.0 Å². The van der Waals surface area contributed by atoms with Crippen molar-refractivity contribution in [2.24, 2.45) is 16.1 Å². The fourth-order valence-corrected chi connectivity index (χ4v) is 3.77. The highest BCUT2D eigenvalue weighted by molar-refractivity contribution is 6.05. The van der Waals surface area contributed by atoms with Crippen LogP contribution in [0.25, 0.3) is 0 Å². The van der Waals surface area contributed by atoms with E-state index in [9.17, 15) is 18.0 Å². The van der Waals surface area contributed by atoms with Crippen molar-refractivity contribution in [3.05, 3.63) is 72.0 Å². The number of pyridine rings is 1. The normalized spacial score (nSPS) is 22.5. The number of nitrogens with zero attached hydrogens (tertiary/aromatic N) is 2. The van der Waals surface area contributed by atoms with E-state index in [-0.39, 0.29) is 22.6 Å². The second kappa shape index (κ2) is 6.47. The highest BCUT2D eigenvalue weighted by atomic mass is 19.1. The zero-order valence-corrected chi connectivity index (χ0v) is 14.8. The number of nitrogens with two attached hydrogens (primary N) is 1. The van der Waals surface area contributed by atoms with Gasteiger partial charge >= 0.3 is 0 Å². The highest BCUT2D eigenvalue weighted by Gasteiger charge is 2.79. The van der Waals surface area contributed by atoms with Crippen LogP contribution in [-0.4, -0.2) is 16.7 Å². The number of carbonyl (C=O) groups excluding carboxylic acids is 1. The first-order valence-corrected chi connectivity index (χ1v) is 8.75. The zero-order valence-electron chi connectivity index (χ0n) is 14.8. The number of hydrogen-bond donors (Lipinski definition) is 2. The maximum Gasteiger partial charge on any atom is 0.260 e. The van der Waals surface area contributed by atoms with E-state index in [2.05, 4.69) is 15.3 Å². The van der Waals surface area contributed by atoms with Gasteiger partial charge in [0.25, 0.3) is 5.91 Å². The van der Waals surface area contributed by atoms with Gasteiger partial charge in [-0.3, -0.25) is 9.78 Å². The lowest BCUT2D eigenvalue weighted by Crippen LogP contribution is -2.27. The fraction of sp³-hybridized carbons (Fsp3) is 0.250. The first-order chi connectivity index (χ1) is 13.4. The monoisotopic (exact) mass is 386 g/mol. The second-order valence-electron chi connectivity index (χ2n) is 7.17. The Bertz CT molecular complexity index is 996. The van der Waals surface area contributed by atoms with Gasteiger partial charge in [0.15, 0.2) is 0 Å². The molecule has 1 amide bonds. The van der Waals surface area contributed by atoms with Crippen molar-refractivity contribution in [2.45, 2.75) is 24.7 Å². The Morgan fingerprint density at radius 1 is 1.21 bits per heavy atom. The molecule has 2 aliphatic carbocycles. The molecule has 4 rings (SSSR count). The number of anilines is 1. The van der Waals surface area contributed by atoms with Crippen LogP contribution in [0.3, 0.4) is 0 Å². The topological polar surface area (TPSA) is 80.4 Å². The molecule has 1 atom stereocenters. The third-order valence-corrected chi connectivity index (χ3v) is 5.36. The summed E-state index contributed by atoms with van der Waals surface area (Å²) in [6.45, 7) is 0. The summed E-state index contributed by atoms with van der Waals surface area (Å²) in [5.41, 5.74) is 4.77. The van der Waals surface area contributed by atoms with Crippen LogP contribution in [-0.2, 0) is 10.2 Å². The van der Waals surface area contributed by atoms with Crippen LogP contribution in [0.4, 0.5) is 18.9 Å². The summed E-state index contributed by atoms with van der Waals surface area (Å²) in [7, 11) is 0. The van der Waals surface area contributed by atoms with Gasteiger partial charge in [-0.1, -0.05) is 0 Å². The average Bonchev–Trinajstić information content (AvgIpc) is 3.53. The minimum absolute atomic E-state index is 0.104. The molecule has 0 radical (unpaired) electrons. The predicted molar refractivity (Wildman–Crippen MR) is 97.9 cm³/mol. The van der Waals surface area contributed by atoms with Crippen LogP contribution in [0.15, 0.2) is 53.8 Å². The van der Waals surface area contributed by atoms with Gasteiger partial charge in [-0.05, 0) is 55.0 Å². The molecule has 1 aromatic heterocycles. The summed E-state index contributed by atoms with van der Waals surface area (Å²) in [5.74, 6) is -2.61. The molecule has 0 bridgehead atoms. The Hall–Kier alpha value is -3.16. The van der Waals surface area contributed by atoms with E-state index < -0.39 is 28.8 Å². The van der Waals surface area contributed by atoms with Gasteiger partial charge in [0.05, 0.1) is 5.69 Å². The molecule has 1 spiro atoms. The first-order valence-electron chi connectivity index (χ1n) is 8.75. The lowest BCUT2D eigenvalue weighted by molar-refractivity contribution is -0.120. The van der Waals surface area contributed by atoms with Gasteiger partial charge in [-0.15, -0.1) is 0 Å². The average molecular weight is 386 g/mol. The minimum atomic E-state index is -1.06. The SMILES string of the molecule is NC(/C=C\Nc1cc(F)cc(F)c1)=NC(=O)C1(c2ncccc2F)CC12CC2. The van der Waals surface area contributed by atoms with E-state index in [1.165, 1.54) is 30.6 Å². The van der Waals surface area contributed by atoms with E-state index >= 15 is 0 Å². The summed E-state index contributed by atoms with van der Waals surface area (Å²) in [5, 5.41) is 2.65. The van der Waals surface area contributed by atoms with E-state index in [4.69, 9.17) is 5.73 Å². The summed E-state index contributed by atoms with van der Waals surface area (Å²) in [6.07, 6.45) is 6.23. The highest BCUT2D eigenvalue weighted by Crippen LogP contribution is 2.79. The first kappa shape index (κ1) is 18.2. The number of rotatable bonds is 5. The number of nitrogens with one attached hydrogen (secondary N) is 1. The van der Waals surface area contributed by atoms with Crippen molar-refractivity contribution in [1.82, 2.24) is 4.98 Å². The Kier molecular flexibility index (Phi) is 4.21. The maximum absolute atomic E-state index is 14.3. The lowest BCUT2D eigenvalue weighted by Gasteiger charge is -2.13. The number of hydrogen-bond acceptors (Lipinski definition) is 3. The van der Waals surface area contributed by atoms with Crippen LogP contribution in [0.2, 0.25) is 0 Å². The van der Waals surface area contributed by atoms with Crippen LogP contribution < -0.4 is 11.1 Å². The second-order valence-corrected chi connectivity index (χ2v) is 7.17. The zero-order chi connectivity index (χ0) is 19.9. The van der Waals surface area contributed by atoms with Crippen LogP contribution in [0.1, 0.15) is 25.0 Å². The maximum atomic E-state index is 14.3.